The average Bonchev–Trinajstić information content (AvgIpc) is 2.80. The summed E-state index contributed by atoms with van der Waals surface area (Å²) < 4.78 is 2.07. The molecule has 96 valence electrons. The second kappa shape index (κ2) is 4.55. The molecule has 0 fully saturated rings. The largest absolute Gasteiger partial charge is 0.398 e. The van der Waals surface area contributed by atoms with E-state index in [0.717, 1.165) is 29.1 Å². The van der Waals surface area contributed by atoms with Crippen molar-refractivity contribution in [2.24, 2.45) is 0 Å². The van der Waals surface area contributed by atoms with Crippen molar-refractivity contribution in [2.75, 3.05) is 5.73 Å². The number of imidazole rings is 1. The minimum atomic E-state index is 0.557. The summed E-state index contributed by atoms with van der Waals surface area (Å²) in [5.74, 6) is 0.861. The van der Waals surface area contributed by atoms with Crippen molar-refractivity contribution < 1.29 is 0 Å². The Kier molecular flexibility index (Phi) is 2.87. The Morgan fingerprint density at radius 2 is 2.16 bits per heavy atom. The maximum absolute atomic E-state index is 5.96. The molecular formula is C14H13ClN4. The van der Waals surface area contributed by atoms with Crippen LogP contribution in [0.15, 0.2) is 36.5 Å². The minimum absolute atomic E-state index is 0.557. The zero-order valence-electron chi connectivity index (χ0n) is 10.5. The Hall–Kier alpha value is -2.07. The van der Waals surface area contributed by atoms with E-state index < -0.39 is 0 Å². The molecule has 0 aliphatic carbocycles. The maximum Gasteiger partial charge on any atom is 0.160 e. The molecule has 4 nitrogen and oxygen atoms in total. The van der Waals surface area contributed by atoms with Gasteiger partial charge in [0.2, 0.25) is 0 Å². The van der Waals surface area contributed by atoms with E-state index in [1.807, 2.05) is 24.3 Å². The first-order chi connectivity index (χ1) is 9.20. The number of nitrogens with two attached hydrogens (primary N) is 1. The third-order valence-corrected chi connectivity index (χ3v) is 3.42. The lowest BCUT2D eigenvalue weighted by molar-refractivity contribution is 0.787. The van der Waals surface area contributed by atoms with Crippen LogP contribution in [-0.4, -0.2) is 14.5 Å². The van der Waals surface area contributed by atoms with Crippen LogP contribution in [0.25, 0.3) is 22.6 Å². The highest BCUT2D eigenvalue weighted by atomic mass is 35.5. The van der Waals surface area contributed by atoms with Crippen LogP contribution >= 0.6 is 11.6 Å². The van der Waals surface area contributed by atoms with Gasteiger partial charge in [0.25, 0.3) is 0 Å². The lowest BCUT2D eigenvalue weighted by atomic mass is 10.2. The number of aromatic nitrogens is 3. The molecule has 0 saturated carbocycles. The second-order valence-electron chi connectivity index (χ2n) is 4.26. The number of nitrogen functional groups attached to an aromatic ring is 1. The first-order valence-electron chi connectivity index (χ1n) is 6.07. The highest BCUT2D eigenvalue weighted by molar-refractivity contribution is 6.33. The summed E-state index contributed by atoms with van der Waals surface area (Å²) in [5, 5.41) is 0.557. The molecule has 2 heterocycles. The van der Waals surface area contributed by atoms with Gasteiger partial charge in [-0.15, -0.1) is 0 Å². The summed E-state index contributed by atoms with van der Waals surface area (Å²) in [4.78, 5) is 9.01. The fourth-order valence-electron chi connectivity index (χ4n) is 2.16. The van der Waals surface area contributed by atoms with E-state index in [-0.39, 0.29) is 0 Å². The predicted molar refractivity (Wildman–Crippen MR) is 78.1 cm³/mol. The highest BCUT2D eigenvalue weighted by Crippen LogP contribution is 2.28. The number of anilines is 1. The number of benzene rings is 1. The normalized spacial score (nSPS) is 11.1. The van der Waals surface area contributed by atoms with Gasteiger partial charge in [0.1, 0.15) is 11.3 Å². The number of aryl methyl sites for hydroxylation is 1. The molecule has 0 amide bonds. The number of hydrogen-bond acceptors (Lipinski definition) is 3. The van der Waals surface area contributed by atoms with Gasteiger partial charge in [-0.05, 0) is 37.3 Å². The first-order valence-corrected chi connectivity index (χ1v) is 6.45. The van der Waals surface area contributed by atoms with E-state index in [0.29, 0.717) is 10.7 Å². The van der Waals surface area contributed by atoms with E-state index >= 15 is 0 Å². The van der Waals surface area contributed by atoms with Crippen LogP contribution in [0.5, 0.6) is 0 Å². The van der Waals surface area contributed by atoms with Crippen molar-refractivity contribution in [1.29, 1.82) is 0 Å². The van der Waals surface area contributed by atoms with Gasteiger partial charge in [-0.25, -0.2) is 9.97 Å². The molecule has 2 N–H and O–H groups in total. The summed E-state index contributed by atoms with van der Waals surface area (Å²) in [6, 6.07) is 9.40. The molecule has 0 aliphatic rings. The monoisotopic (exact) mass is 272 g/mol. The van der Waals surface area contributed by atoms with Crippen LogP contribution in [0.2, 0.25) is 5.02 Å². The SMILES string of the molecule is CCn1c(-c2ccc(Cl)c(N)c2)nc2cccnc21. The van der Waals surface area contributed by atoms with Gasteiger partial charge < -0.3 is 10.3 Å². The Morgan fingerprint density at radius 1 is 1.32 bits per heavy atom. The Labute approximate surface area is 115 Å². The lowest BCUT2D eigenvalue weighted by Crippen LogP contribution is -1.99. The lowest BCUT2D eigenvalue weighted by Gasteiger charge is -2.06. The predicted octanol–water partition coefficient (Wildman–Crippen LogP) is 3.35. The molecule has 0 saturated heterocycles. The molecule has 0 atom stereocenters. The number of halogens is 1. The second-order valence-corrected chi connectivity index (χ2v) is 4.67. The standard InChI is InChI=1S/C14H13ClN4/c1-2-19-13(9-5-6-10(15)11(16)8-9)18-12-4-3-7-17-14(12)19/h3-8H,2,16H2,1H3. The number of pyridine rings is 1. The van der Waals surface area contributed by atoms with Gasteiger partial charge in [-0.3, -0.25) is 0 Å². The molecule has 0 unspecified atom stereocenters. The van der Waals surface area contributed by atoms with Crippen molar-refractivity contribution in [1.82, 2.24) is 14.5 Å². The van der Waals surface area contributed by atoms with Crippen LogP contribution in [0.3, 0.4) is 0 Å². The maximum atomic E-state index is 5.96. The fraction of sp³-hybridized carbons (Fsp3) is 0.143. The summed E-state index contributed by atoms with van der Waals surface area (Å²) in [6.45, 7) is 2.87. The summed E-state index contributed by atoms with van der Waals surface area (Å²) >= 11 is 5.96. The molecule has 0 bridgehead atoms. The van der Waals surface area contributed by atoms with Gasteiger partial charge in [-0.1, -0.05) is 11.6 Å². The van der Waals surface area contributed by atoms with Crippen LogP contribution < -0.4 is 5.73 Å². The van der Waals surface area contributed by atoms with Crippen LogP contribution in [0.1, 0.15) is 6.92 Å². The Morgan fingerprint density at radius 3 is 2.89 bits per heavy atom. The van der Waals surface area contributed by atoms with E-state index in [9.17, 15) is 0 Å². The van der Waals surface area contributed by atoms with Crippen molar-refractivity contribution in [3.05, 3.63) is 41.6 Å². The Bertz CT molecular complexity index is 748. The zero-order valence-corrected chi connectivity index (χ0v) is 11.2. The summed E-state index contributed by atoms with van der Waals surface area (Å²) in [5.41, 5.74) is 9.13. The Balaban J connectivity index is 2.26. The smallest absolute Gasteiger partial charge is 0.160 e. The number of nitrogens with zero attached hydrogens (tertiary/aromatic N) is 3. The molecule has 5 heteroatoms. The van der Waals surface area contributed by atoms with Crippen molar-refractivity contribution >= 4 is 28.5 Å². The average molecular weight is 273 g/mol. The third-order valence-electron chi connectivity index (χ3n) is 3.07. The number of fused-ring (bicyclic) bond motifs is 1. The first kappa shape index (κ1) is 12.0. The molecule has 1 aromatic carbocycles. The highest BCUT2D eigenvalue weighted by Gasteiger charge is 2.12. The topological polar surface area (TPSA) is 56.7 Å². The van der Waals surface area contributed by atoms with Gasteiger partial charge in [0, 0.05) is 18.3 Å². The molecule has 19 heavy (non-hydrogen) atoms. The van der Waals surface area contributed by atoms with Crippen molar-refractivity contribution in [3.8, 4) is 11.4 Å². The van der Waals surface area contributed by atoms with Crippen molar-refractivity contribution in [3.63, 3.8) is 0 Å². The van der Waals surface area contributed by atoms with E-state index in [4.69, 9.17) is 17.3 Å². The third kappa shape index (κ3) is 1.94. The van der Waals surface area contributed by atoms with Crippen LogP contribution in [0, 0.1) is 0 Å². The molecular weight excluding hydrogens is 260 g/mol. The quantitative estimate of drug-likeness (QED) is 0.728. The van der Waals surface area contributed by atoms with E-state index in [1.54, 1.807) is 12.3 Å². The fourth-order valence-corrected chi connectivity index (χ4v) is 2.28. The van der Waals surface area contributed by atoms with Gasteiger partial charge >= 0.3 is 0 Å². The molecule has 3 aromatic rings. The van der Waals surface area contributed by atoms with Crippen LogP contribution in [0.4, 0.5) is 5.69 Å². The molecule has 0 spiro atoms. The molecule has 0 radical (unpaired) electrons. The number of hydrogen-bond donors (Lipinski definition) is 1. The zero-order chi connectivity index (χ0) is 13.4. The molecule has 2 aromatic heterocycles. The van der Waals surface area contributed by atoms with Gasteiger partial charge in [0.15, 0.2) is 5.65 Å². The molecule has 3 rings (SSSR count). The summed E-state index contributed by atoms with van der Waals surface area (Å²) in [7, 11) is 0. The van der Waals surface area contributed by atoms with Gasteiger partial charge in [-0.2, -0.15) is 0 Å². The van der Waals surface area contributed by atoms with Crippen molar-refractivity contribution in [2.45, 2.75) is 13.5 Å². The summed E-state index contributed by atoms with van der Waals surface area (Å²) in [6.07, 6.45) is 1.77. The minimum Gasteiger partial charge on any atom is -0.398 e. The van der Waals surface area contributed by atoms with E-state index in [2.05, 4.69) is 21.5 Å². The van der Waals surface area contributed by atoms with Gasteiger partial charge in [0.05, 0.1) is 10.7 Å². The van der Waals surface area contributed by atoms with E-state index in [1.165, 1.54) is 0 Å². The number of rotatable bonds is 2. The molecule has 0 aliphatic heterocycles. The van der Waals surface area contributed by atoms with Crippen LogP contribution in [-0.2, 0) is 6.54 Å².